The zero-order chi connectivity index (χ0) is 27.5. The molecule has 2 fully saturated rings. The summed E-state index contributed by atoms with van der Waals surface area (Å²) in [7, 11) is 1.78. The van der Waals surface area contributed by atoms with Crippen molar-refractivity contribution in [2.45, 2.75) is 51.8 Å². The number of benzene rings is 1. The fourth-order valence-corrected chi connectivity index (χ4v) is 5.27. The van der Waals surface area contributed by atoms with Gasteiger partial charge in [0.2, 0.25) is 0 Å². The quantitative estimate of drug-likeness (QED) is 0.323. The molecule has 10 nitrogen and oxygen atoms in total. The molecule has 3 heterocycles. The van der Waals surface area contributed by atoms with E-state index in [1.807, 2.05) is 26.8 Å². The van der Waals surface area contributed by atoms with Gasteiger partial charge >= 0.3 is 0 Å². The highest BCUT2D eigenvalue weighted by Crippen LogP contribution is 2.36. The second-order valence-electron chi connectivity index (χ2n) is 10.3. The number of nitrogens with zero attached hydrogens (tertiary/aromatic N) is 4. The summed E-state index contributed by atoms with van der Waals surface area (Å²) in [6.07, 6.45) is 1.88. The highest BCUT2D eigenvalue weighted by atomic mass is 35.5. The Morgan fingerprint density at radius 2 is 2.05 bits per heavy atom. The first-order valence-corrected chi connectivity index (χ1v) is 13.9. The van der Waals surface area contributed by atoms with Gasteiger partial charge in [0, 0.05) is 36.8 Å². The summed E-state index contributed by atoms with van der Waals surface area (Å²) in [5.74, 6) is 2.45. The molecule has 2 aliphatic rings. The number of aryl methyl sites for hydroxylation is 2. The van der Waals surface area contributed by atoms with Gasteiger partial charge in [0.1, 0.15) is 30.0 Å². The lowest BCUT2D eigenvalue weighted by Crippen LogP contribution is -2.50. The molecule has 1 aliphatic heterocycles. The van der Waals surface area contributed by atoms with E-state index in [0.29, 0.717) is 53.7 Å². The van der Waals surface area contributed by atoms with Crippen LogP contribution in [0.1, 0.15) is 29.9 Å². The maximum atomic E-state index is 10.1. The standard InChI is InChI=1S/C28H37ClN6O4/c1-16-26(25-17(2)34-39-18(25)3)32-28(23-11-22(7-8-24(23)29)38-15-21(36)13-30-4)33-27(16)31-12-20-14-37-10-9-35(20)19-5-6-19/h7-8,11,19-21,30,36H,5-6,9-10,12-15H2,1-4H3,(H,31,32,33)/t20-,21?/m0/s1. The van der Waals surface area contributed by atoms with E-state index in [1.165, 1.54) is 12.8 Å². The van der Waals surface area contributed by atoms with E-state index in [9.17, 15) is 5.11 Å². The Morgan fingerprint density at radius 3 is 2.77 bits per heavy atom. The first-order valence-electron chi connectivity index (χ1n) is 13.5. The van der Waals surface area contributed by atoms with Gasteiger partial charge in [0.15, 0.2) is 5.82 Å². The summed E-state index contributed by atoms with van der Waals surface area (Å²) in [5.41, 5.74) is 3.88. The van der Waals surface area contributed by atoms with Crippen molar-refractivity contribution in [3.05, 3.63) is 40.2 Å². The molecule has 1 unspecified atom stereocenters. The van der Waals surface area contributed by atoms with Crippen molar-refractivity contribution in [2.24, 2.45) is 0 Å². The van der Waals surface area contributed by atoms with Gasteiger partial charge in [-0.1, -0.05) is 16.8 Å². The molecule has 2 atom stereocenters. The zero-order valence-electron chi connectivity index (χ0n) is 23.0. The summed E-state index contributed by atoms with van der Waals surface area (Å²) in [6.45, 7) is 9.52. The Labute approximate surface area is 234 Å². The summed E-state index contributed by atoms with van der Waals surface area (Å²) in [4.78, 5) is 12.5. The van der Waals surface area contributed by atoms with Crippen LogP contribution >= 0.6 is 11.6 Å². The van der Waals surface area contributed by atoms with Crippen LogP contribution in [0.4, 0.5) is 5.82 Å². The average Bonchev–Trinajstić information content (AvgIpc) is 3.72. The summed E-state index contributed by atoms with van der Waals surface area (Å²) in [6, 6.07) is 6.28. The van der Waals surface area contributed by atoms with Crippen LogP contribution in [0, 0.1) is 20.8 Å². The number of aromatic nitrogens is 3. The minimum absolute atomic E-state index is 0.148. The number of ether oxygens (including phenoxy) is 2. The molecule has 39 heavy (non-hydrogen) atoms. The van der Waals surface area contributed by atoms with Crippen molar-refractivity contribution in [3.8, 4) is 28.4 Å². The van der Waals surface area contributed by atoms with E-state index >= 15 is 0 Å². The number of halogens is 1. The number of rotatable bonds is 11. The predicted molar refractivity (Wildman–Crippen MR) is 150 cm³/mol. The molecule has 3 aromatic rings. The molecular weight excluding hydrogens is 520 g/mol. The number of nitrogens with one attached hydrogen (secondary N) is 2. The van der Waals surface area contributed by atoms with Gasteiger partial charge in [-0.3, -0.25) is 4.90 Å². The number of likely N-dealkylation sites (N-methyl/N-ethyl adjacent to an activating group) is 1. The zero-order valence-corrected chi connectivity index (χ0v) is 23.7. The Morgan fingerprint density at radius 1 is 1.23 bits per heavy atom. The summed E-state index contributed by atoms with van der Waals surface area (Å²) < 4.78 is 17.1. The normalized spacial score (nSPS) is 18.8. The largest absolute Gasteiger partial charge is 0.491 e. The van der Waals surface area contributed by atoms with Crippen molar-refractivity contribution < 1.29 is 19.1 Å². The van der Waals surface area contributed by atoms with E-state index in [1.54, 1.807) is 19.2 Å². The van der Waals surface area contributed by atoms with Gasteiger partial charge in [-0.25, -0.2) is 9.97 Å². The van der Waals surface area contributed by atoms with Gasteiger partial charge in [-0.2, -0.15) is 0 Å². The second-order valence-corrected chi connectivity index (χ2v) is 10.7. The first-order chi connectivity index (χ1) is 18.9. The molecule has 0 spiro atoms. The van der Waals surface area contributed by atoms with Crippen molar-refractivity contribution in [1.82, 2.24) is 25.3 Å². The van der Waals surface area contributed by atoms with Crippen molar-refractivity contribution in [3.63, 3.8) is 0 Å². The molecule has 5 rings (SSSR count). The third-order valence-corrected chi connectivity index (χ3v) is 7.60. The molecule has 3 N–H and O–H groups in total. The van der Waals surface area contributed by atoms with Crippen LogP contribution in [0.3, 0.4) is 0 Å². The minimum Gasteiger partial charge on any atom is -0.491 e. The van der Waals surface area contributed by atoms with Crippen LogP contribution in [-0.2, 0) is 4.74 Å². The topological polar surface area (TPSA) is 118 Å². The number of morpholine rings is 1. The lowest BCUT2D eigenvalue weighted by molar-refractivity contribution is -0.00662. The molecule has 1 saturated carbocycles. The molecule has 1 aliphatic carbocycles. The fourth-order valence-electron chi connectivity index (χ4n) is 5.07. The molecule has 0 amide bonds. The van der Waals surface area contributed by atoms with Gasteiger partial charge in [-0.05, 0) is 58.9 Å². The maximum Gasteiger partial charge on any atom is 0.163 e. The van der Waals surface area contributed by atoms with E-state index in [-0.39, 0.29) is 12.6 Å². The molecule has 1 aromatic carbocycles. The molecule has 0 radical (unpaired) electrons. The third-order valence-electron chi connectivity index (χ3n) is 7.27. The number of anilines is 1. The summed E-state index contributed by atoms with van der Waals surface area (Å²) >= 11 is 6.67. The molecule has 2 aromatic heterocycles. The molecule has 1 saturated heterocycles. The van der Waals surface area contributed by atoms with Crippen molar-refractivity contribution >= 4 is 17.4 Å². The summed E-state index contributed by atoms with van der Waals surface area (Å²) in [5, 5.41) is 21.2. The van der Waals surface area contributed by atoms with Gasteiger partial charge in [0.05, 0.1) is 41.2 Å². The minimum atomic E-state index is -0.634. The van der Waals surface area contributed by atoms with E-state index in [0.717, 1.165) is 41.5 Å². The predicted octanol–water partition coefficient (Wildman–Crippen LogP) is 3.61. The van der Waals surface area contributed by atoms with Crippen LogP contribution in [-0.4, -0.2) is 89.8 Å². The van der Waals surface area contributed by atoms with Gasteiger partial charge < -0.3 is 29.7 Å². The van der Waals surface area contributed by atoms with Crippen LogP contribution in [0.15, 0.2) is 22.7 Å². The molecular formula is C28H37ClN6O4. The molecule has 0 bridgehead atoms. The van der Waals surface area contributed by atoms with Gasteiger partial charge in [-0.15, -0.1) is 0 Å². The Hall–Kier alpha value is -2.76. The molecule has 11 heteroatoms. The van der Waals surface area contributed by atoms with Crippen molar-refractivity contribution in [1.29, 1.82) is 0 Å². The monoisotopic (exact) mass is 556 g/mol. The van der Waals surface area contributed by atoms with E-state index in [4.69, 9.17) is 35.6 Å². The lowest BCUT2D eigenvalue weighted by Gasteiger charge is -2.36. The molecule has 210 valence electrons. The average molecular weight is 557 g/mol. The second kappa shape index (κ2) is 12.2. The third kappa shape index (κ3) is 6.36. The smallest absolute Gasteiger partial charge is 0.163 e. The Kier molecular flexibility index (Phi) is 8.68. The number of hydrogen-bond donors (Lipinski definition) is 3. The highest BCUT2D eigenvalue weighted by molar-refractivity contribution is 6.33. The highest BCUT2D eigenvalue weighted by Gasteiger charge is 2.35. The van der Waals surface area contributed by atoms with Gasteiger partial charge in [0.25, 0.3) is 0 Å². The van der Waals surface area contributed by atoms with E-state index in [2.05, 4.69) is 20.7 Å². The Balaban J connectivity index is 1.49. The first kappa shape index (κ1) is 27.8. The van der Waals surface area contributed by atoms with E-state index < -0.39 is 6.10 Å². The van der Waals surface area contributed by atoms with Crippen LogP contribution in [0.5, 0.6) is 5.75 Å². The van der Waals surface area contributed by atoms with Crippen LogP contribution in [0.25, 0.3) is 22.6 Å². The lowest BCUT2D eigenvalue weighted by atomic mass is 10.0. The van der Waals surface area contributed by atoms with Crippen LogP contribution < -0.4 is 15.4 Å². The number of aliphatic hydroxyl groups excluding tert-OH is 1. The van der Waals surface area contributed by atoms with Crippen molar-refractivity contribution in [2.75, 3.05) is 51.8 Å². The SMILES string of the molecule is CNCC(O)COc1ccc(Cl)c(-c2nc(NC[C@H]3COCCN3C3CC3)c(C)c(-c3c(C)noc3C)n2)c1. The Bertz CT molecular complexity index is 1280. The van der Waals surface area contributed by atoms with Crippen LogP contribution in [0.2, 0.25) is 5.02 Å². The maximum absolute atomic E-state index is 10.1. The number of hydrogen-bond acceptors (Lipinski definition) is 10. The fraction of sp³-hybridized carbons (Fsp3) is 0.536. The number of aliphatic hydroxyl groups is 1.